The quantitative estimate of drug-likeness (QED) is 0.737. The van der Waals surface area contributed by atoms with Crippen molar-refractivity contribution in [1.82, 2.24) is 14.7 Å². The van der Waals surface area contributed by atoms with Gasteiger partial charge < -0.3 is 9.64 Å². The van der Waals surface area contributed by atoms with Crippen LogP contribution in [-0.4, -0.2) is 34.2 Å². The topological polar surface area (TPSA) is 47.4 Å². The highest BCUT2D eigenvalue weighted by atomic mass is 35.5. The Balaban J connectivity index is 1.70. The number of halogens is 1. The van der Waals surface area contributed by atoms with Crippen LogP contribution in [0.4, 0.5) is 0 Å². The standard InChI is InChI=1S/C16H20ClN3O2/c1-19(11-13-10-18-20(2)12-13)16(21)8-5-9-22-15-7-4-3-6-14(15)17/h3-4,6-7,10,12H,5,8-9,11H2,1-2H3. The third-order valence-electron chi connectivity index (χ3n) is 3.23. The van der Waals surface area contributed by atoms with E-state index in [1.807, 2.05) is 31.4 Å². The van der Waals surface area contributed by atoms with Gasteiger partial charge in [0, 0.05) is 38.8 Å². The summed E-state index contributed by atoms with van der Waals surface area (Å²) in [4.78, 5) is 13.8. The van der Waals surface area contributed by atoms with E-state index in [-0.39, 0.29) is 5.91 Å². The molecule has 6 heteroatoms. The first-order valence-corrected chi connectivity index (χ1v) is 7.53. The zero-order valence-corrected chi connectivity index (χ0v) is 13.6. The van der Waals surface area contributed by atoms with Crippen LogP contribution in [0.15, 0.2) is 36.7 Å². The molecule has 2 aromatic rings. The first-order valence-electron chi connectivity index (χ1n) is 7.15. The summed E-state index contributed by atoms with van der Waals surface area (Å²) in [5, 5.41) is 4.68. The van der Waals surface area contributed by atoms with Crippen LogP contribution >= 0.6 is 11.6 Å². The molecule has 0 radical (unpaired) electrons. The molecule has 0 saturated heterocycles. The summed E-state index contributed by atoms with van der Waals surface area (Å²) in [6.45, 7) is 1.04. The number of aryl methyl sites for hydroxylation is 1. The van der Waals surface area contributed by atoms with Gasteiger partial charge in [0.1, 0.15) is 5.75 Å². The van der Waals surface area contributed by atoms with E-state index in [4.69, 9.17) is 16.3 Å². The Bertz CT molecular complexity index is 627. The molecular weight excluding hydrogens is 302 g/mol. The monoisotopic (exact) mass is 321 g/mol. The molecule has 0 N–H and O–H groups in total. The lowest BCUT2D eigenvalue weighted by atomic mass is 10.2. The van der Waals surface area contributed by atoms with Crippen LogP contribution < -0.4 is 4.74 Å². The fraction of sp³-hybridized carbons (Fsp3) is 0.375. The minimum atomic E-state index is 0.0895. The van der Waals surface area contributed by atoms with Crippen molar-refractivity contribution in [1.29, 1.82) is 0 Å². The number of para-hydroxylation sites is 1. The van der Waals surface area contributed by atoms with E-state index in [1.54, 1.807) is 28.9 Å². The predicted octanol–water partition coefficient (Wildman–Crippen LogP) is 2.89. The molecule has 1 aromatic carbocycles. The third kappa shape index (κ3) is 4.77. The van der Waals surface area contributed by atoms with Gasteiger partial charge in [0.2, 0.25) is 5.91 Å². The minimum Gasteiger partial charge on any atom is -0.492 e. The van der Waals surface area contributed by atoms with Gasteiger partial charge in [0.15, 0.2) is 0 Å². The minimum absolute atomic E-state index is 0.0895. The predicted molar refractivity (Wildman–Crippen MR) is 85.9 cm³/mol. The summed E-state index contributed by atoms with van der Waals surface area (Å²) >= 11 is 6.00. The molecule has 0 saturated carbocycles. The second-order valence-corrected chi connectivity index (χ2v) is 5.56. The highest BCUT2D eigenvalue weighted by Crippen LogP contribution is 2.23. The molecule has 0 aliphatic heterocycles. The van der Waals surface area contributed by atoms with Crippen LogP contribution in [0.1, 0.15) is 18.4 Å². The molecule has 0 fully saturated rings. The number of aromatic nitrogens is 2. The van der Waals surface area contributed by atoms with Crippen molar-refractivity contribution in [2.45, 2.75) is 19.4 Å². The van der Waals surface area contributed by atoms with Crippen molar-refractivity contribution in [2.75, 3.05) is 13.7 Å². The lowest BCUT2D eigenvalue weighted by molar-refractivity contribution is -0.130. The van der Waals surface area contributed by atoms with E-state index in [0.717, 1.165) is 5.56 Å². The first-order chi connectivity index (χ1) is 10.6. The van der Waals surface area contributed by atoms with Gasteiger partial charge in [0.05, 0.1) is 17.8 Å². The van der Waals surface area contributed by atoms with Gasteiger partial charge in [-0.1, -0.05) is 23.7 Å². The SMILES string of the molecule is CN(Cc1cnn(C)c1)C(=O)CCCOc1ccccc1Cl. The van der Waals surface area contributed by atoms with Crippen molar-refractivity contribution >= 4 is 17.5 Å². The third-order valence-corrected chi connectivity index (χ3v) is 3.55. The fourth-order valence-corrected chi connectivity index (χ4v) is 2.26. The smallest absolute Gasteiger partial charge is 0.222 e. The average Bonchev–Trinajstić information content (AvgIpc) is 2.90. The van der Waals surface area contributed by atoms with E-state index in [9.17, 15) is 4.79 Å². The summed E-state index contributed by atoms with van der Waals surface area (Å²) in [5.74, 6) is 0.743. The first kappa shape index (κ1) is 16.4. The number of carbonyl (C=O) groups excluding carboxylic acids is 1. The molecule has 1 heterocycles. The highest BCUT2D eigenvalue weighted by Gasteiger charge is 2.10. The van der Waals surface area contributed by atoms with Crippen molar-refractivity contribution < 1.29 is 9.53 Å². The largest absolute Gasteiger partial charge is 0.492 e. The number of carbonyl (C=O) groups is 1. The van der Waals surface area contributed by atoms with Gasteiger partial charge in [0.25, 0.3) is 0 Å². The van der Waals surface area contributed by atoms with Crippen LogP contribution in [0.2, 0.25) is 5.02 Å². The highest BCUT2D eigenvalue weighted by molar-refractivity contribution is 6.32. The molecule has 0 unspecified atom stereocenters. The van der Waals surface area contributed by atoms with Crippen LogP contribution in [0.25, 0.3) is 0 Å². The summed E-state index contributed by atoms with van der Waals surface area (Å²) in [7, 11) is 3.65. The molecule has 118 valence electrons. The van der Waals surface area contributed by atoms with Crippen LogP contribution in [0.3, 0.4) is 0 Å². The van der Waals surface area contributed by atoms with E-state index in [2.05, 4.69) is 5.10 Å². The molecule has 0 bridgehead atoms. The van der Waals surface area contributed by atoms with E-state index in [0.29, 0.717) is 36.8 Å². The zero-order chi connectivity index (χ0) is 15.9. The maximum atomic E-state index is 12.0. The van der Waals surface area contributed by atoms with Gasteiger partial charge in [-0.2, -0.15) is 5.10 Å². The Labute approximate surface area is 135 Å². The molecule has 0 atom stereocenters. The van der Waals surface area contributed by atoms with Crippen molar-refractivity contribution in [2.24, 2.45) is 7.05 Å². The Morgan fingerprint density at radius 3 is 2.86 bits per heavy atom. The van der Waals surface area contributed by atoms with Crippen molar-refractivity contribution in [3.8, 4) is 5.75 Å². The summed E-state index contributed by atoms with van der Waals surface area (Å²) in [6.07, 6.45) is 4.78. The lowest BCUT2D eigenvalue weighted by Gasteiger charge is -2.16. The van der Waals surface area contributed by atoms with E-state index in [1.165, 1.54) is 0 Å². The Hall–Kier alpha value is -2.01. The number of nitrogens with zero attached hydrogens (tertiary/aromatic N) is 3. The number of hydrogen-bond donors (Lipinski definition) is 0. The molecule has 0 spiro atoms. The molecule has 1 amide bonds. The molecular formula is C16H20ClN3O2. The van der Waals surface area contributed by atoms with E-state index < -0.39 is 0 Å². The summed E-state index contributed by atoms with van der Waals surface area (Å²) in [6, 6.07) is 7.32. The van der Waals surface area contributed by atoms with Crippen molar-refractivity contribution in [3.05, 3.63) is 47.2 Å². The molecule has 0 aliphatic carbocycles. The van der Waals surface area contributed by atoms with Gasteiger partial charge in [-0.3, -0.25) is 9.48 Å². The number of rotatable bonds is 7. The summed E-state index contributed by atoms with van der Waals surface area (Å²) in [5.41, 5.74) is 1.02. The Morgan fingerprint density at radius 1 is 1.41 bits per heavy atom. The molecule has 1 aromatic heterocycles. The molecule has 5 nitrogen and oxygen atoms in total. The van der Waals surface area contributed by atoms with Crippen LogP contribution in [0, 0.1) is 0 Å². The number of ether oxygens (including phenoxy) is 1. The Morgan fingerprint density at radius 2 is 2.18 bits per heavy atom. The van der Waals surface area contributed by atoms with Gasteiger partial charge in [-0.05, 0) is 18.6 Å². The zero-order valence-electron chi connectivity index (χ0n) is 12.8. The van der Waals surface area contributed by atoms with Gasteiger partial charge >= 0.3 is 0 Å². The van der Waals surface area contributed by atoms with E-state index >= 15 is 0 Å². The second kappa shape index (κ2) is 7.84. The fourth-order valence-electron chi connectivity index (χ4n) is 2.07. The molecule has 2 rings (SSSR count). The lowest BCUT2D eigenvalue weighted by Crippen LogP contribution is -2.26. The summed E-state index contributed by atoms with van der Waals surface area (Å²) < 4.78 is 7.30. The normalized spacial score (nSPS) is 10.5. The Kier molecular flexibility index (Phi) is 5.83. The average molecular weight is 322 g/mol. The molecule has 22 heavy (non-hydrogen) atoms. The van der Waals surface area contributed by atoms with Crippen LogP contribution in [-0.2, 0) is 18.4 Å². The van der Waals surface area contributed by atoms with Crippen LogP contribution in [0.5, 0.6) is 5.75 Å². The second-order valence-electron chi connectivity index (χ2n) is 5.15. The van der Waals surface area contributed by atoms with Crippen molar-refractivity contribution in [3.63, 3.8) is 0 Å². The molecule has 0 aliphatic rings. The number of benzene rings is 1. The maximum absolute atomic E-state index is 12.0. The maximum Gasteiger partial charge on any atom is 0.222 e. The number of amides is 1. The number of hydrogen-bond acceptors (Lipinski definition) is 3. The van der Waals surface area contributed by atoms with Gasteiger partial charge in [-0.25, -0.2) is 0 Å². The van der Waals surface area contributed by atoms with Gasteiger partial charge in [-0.15, -0.1) is 0 Å².